The molecule has 2 amide bonds. The number of carbonyl (C=O) groups excluding carboxylic acids is 2. The molecule has 1 aliphatic rings. The van der Waals surface area contributed by atoms with Crippen LogP contribution in [-0.4, -0.2) is 35.8 Å². The maximum Gasteiger partial charge on any atom is 0.266 e. The highest BCUT2D eigenvalue weighted by atomic mass is 16.5. The van der Waals surface area contributed by atoms with Crippen molar-refractivity contribution in [2.45, 2.75) is 45.3 Å². The lowest BCUT2D eigenvalue weighted by molar-refractivity contribution is -0.133. The molecular formula is C24H30N2O3. The standard InChI is InChI=1S/C24H30N2O3/c1-18(2)17-22(27)26-15-13-20(14-16-26)25-24(28)23(19-9-5-3-6-10-19)29-21-11-7-4-8-12-21/h3-12,18,20,23H,13-17H2,1-2H3,(H,25,28). The van der Waals surface area contributed by atoms with Gasteiger partial charge in [0.2, 0.25) is 12.0 Å². The maximum absolute atomic E-state index is 13.1. The largest absolute Gasteiger partial charge is 0.476 e. The maximum atomic E-state index is 13.1. The van der Waals surface area contributed by atoms with E-state index in [9.17, 15) is 9.59 Å². The predicted molar refractivity (Wildman–Crippen MR) is 113 cm³/mol. The Morgan fingerprint density at radius 2 is 1.59 bits per heavy atom. The molecule has 1 aliphatic heterocycles. The van der Waals surface area contributed by atoms with Crippen LogP contribution >= 0.6 is 0 Å². The molecule has 1 N–H and O–H groups in total. The molecule has 1 fully saturated rings. The van der Waals surface area contributed by atoms with Crippen LogP contribution in [0, 0.1) is 5.92 Å². The van der Waals surface area contributed by atoms with E-state index in [4.69, 9.17) is 4.74 Å². The second-order valence-corrected chi connectivity index (χ2v) is 7.98. The molecule has 1 unspecified atom stereocenters. The van der Waals surface area contributed by atoms with E-state index in [1.165, 1.54) is 0 Å². The minimum atomic E-state index is -0.709. The fourth-order valence-corrected chi connectivity index (χ4v) is 3.56. The van der Waals surface area contributed by atoms with Gasteiger partial charge < -0.3 is 15.0 Å². The summed E-state index contributed by atoms with van der Waals surface area (Å²) >= 11 is 0. The number of amides is 2. The Morgan fingerprint density at radius 3 is 2.17 bits per heavy atom. The molecule has 1 heterocycles. The summed E-state index contributed by atoms with van der Waals surface area (Å²) in [7, 11) is 0. The molecule has 5 nitrogen and oxygen atoms in total. The molecule has 0 radical (unpaired) electrons. The molecule has 2 aromatic rings. The van der Waals surface area contributed by atoms with Gasteiger partial charge in [0.15, 0.2) is 0 Å². The molecule has 0 bridgehead atoms. The fraction of sp³-hybridized carbons (Fsp3) is 0.417. The first-order chi connectivity index (χ1) is 14.0. The molecule has 0 saturated carbocycles. The topological polar surface area (TPSA) is 58.6 Å². The number of benzene rings is 2. The number of nitrogens with zero attached hydrogens (tertiary/aromatic N) is 1. The summed E-state index contributed by atoms with van der Waals surface area (Å²) in [5, 5.41) is 3.14. The highest BCUT2D eigenvalue weighted by Gasteiger charge is 2.28. The van der Waals surface area contributed by atoms with E-state index in [0.29, 0.717) is 31.2 Å². The zero-order chi connectivity index (χ0) is 20.6. The first-order valence-electron chi connectivity index (χ1n) is 10.4. The summed E-state index contributed by atoms with van der Waals surface area (Å²) in [5.74, 6) is 1.08. The lowest BCUT2D eigenvalue weighted by Crippen LogP contribution is -2.48. The Balaban J connectivity index is 1.61. The lowest BCUT2D eigenvalue weighted by Gasteiger charge is -2.33. The van der Waals surface area contributed by atoms with E-state index in [0.717, 1.165) is 18.4 Å². The molecule has 0 spiro atoms. The molecular weight excluding hydrogens is 364 g/mol. The van der Waals surface area contributed by atoms with E-state index >= 15 is 0 Å². The van der Waals surface area contributed by atoms with E-state index in [1.807, 2.05) is 65.6 Å². The van der Waals surface area contributed by atoms with Crippen molar-refractivity contribution in [2.24, 2.45) is 5.92 Å². The van der Waals surface area contributed by atoms with Crippen LogP contribution in [0.5, 0.6) is 5.75 Å². The minimum Gasteiger partial charge on any atom is -0.476 e. The first-order valence-corrected chi connectivity index (χ1v) is 10.4. The zero-order valence-electron chi connectivity index (χ0n) is 17.2. The number of hydrogen-bond donors (Lipinski definition) is 1. The Labute approximate surface area is 173 Å². The highest BCUT2D eigenvalue weighted by molar-refractivity contribution is 5.83. The van der Waals surface area contributed by atoms with Crippen molar-refractivity contribution in [3.8, 4) is 5.75 Å². The van der Waals surface area contributed by atoms with Crippen LogP contribution in [0.25, 0.3) is 0 Å². The molecule has 0 aliphatic carbocycles. The van der Waals surface area contributed by atoms with E-state index < -0.39 is 6.10 Å². The summed E-state index contributed by atoms with van der Waals surface area (Å²) in [5.41, 5.74) is 0.818. The number of para-hydroxylation sites is 1. The van der Waals surface area contributed by atoms with Crippen molar-refractivity contribution in [3.63, 3.8) is 0 Å². The van der Waals surface area contributed by atoms with Gasteiger partial charge >= 0.3 is 0 Å². The Bertz CT molecular complexity index is 784. The summed E-state index contributed by atoms with van der Waals surface area (Å²) in [6.07, 6.45) is 1.40. The van der Waals surface area contributed by atoms with Crippen molar-refractivity contribution < 1.29 is 14.3 Å². The smallest absolute Gasteiger partial charge is 0.266 e. The summed E-state index contributed by atoms with van der Waals surface area (Å²) in [6.45, 7) is 5.49. The third-order valence-electron chi connectivity index (χ3n) is 5.11. The molecule has 5 heteroatoms. The Kier molecular flexibility index (Phi) is 7.28. The Hall–Kier alpha value is -2.82. The summed E-state index contributed by atoms with van der Waals surface area (Å²) in [6, 6.07) is 19.0. The summed E-state index contributed by atoms with van der Waals surface area (Å²) < 4.78 is 6.03. The second kappa shape index (κ2) is 10.1. The average Bonchev–Trinajstić information content (AvgIpc) is 2.73. The second-order valence-electron chi connectivity index (χ2n) is 7.98. The van der Waals surface area contributed by atoms with Crippen LogP contribution in [-0.2, 0) is 9.59 Å². The van der Waals surface area contributed by atoms with E-state index in [2.05, 4.69) is 19.2 Å². The number of piperidine rings is 1. The van der Waals surface area contributed by atoms with Gasteiger partial charge in [-0.25, -0.2) is 0 Å². The molecule has 29 heavy (non-hydrogen) atoms. The molecule has 154 valence electrons. The predicted octanol–water partition coefficient (Wildman–Crippen LogP) is 3.96. The molecule has 0 aromatic heterocycles. The summed E-state index contributed by atoms with van der Waals surface area (Å²) in [4.78, 5) is 27.2. The van der Waals surface area contributed by atoms with Crippen molar-refractivity contribution in [1.82, 2.24) is 10.2 Å². The number of rotatable bonds is 7. The van der Waals surface area contributed by atoms with Crippen LogP contribution in [0.3, 0.4) is 0 Å². The molecule has 1 saturated heterocycles. The first kappa shape index (κ1) is 20.9. The lowest BCUT2D eigenvalue weighted by atomic mass is 10.0. The van der Waals surface area contributed by atoms with Crippen molar-refractivity contribution in [2.75, 3.05) is 13.1 Å². The van der Waals surface area contributed by atoms with Gasteiger partial charge in [-0.3, -0.25) is 9.59 Å². The Morgan fingerprint density at radius 1 is 1.00 bits per heavy atom. The quantitative estimate of drug-likeness (QED) is 0.773. The van der Waals surface area contributed by atoms with Crippen LogP contribution in [0.1, 0.15) is 44.8 Å². The van der Waals surface area contributed by atoms with Gasteiger partial charge in [-0.1, -0.05) is 62.4 Å². The zero-order valence-corrected chi connectivity index (χ0v) is 17.2. The normalized spacial score (nSPS) is 15.8. The number of carbonyl (C=O) groups is 2. The van der Waals surface area contributed by atoms with Crippen LogP contribution in [0.15, 0.2) is 60.7 Å². The minimum absolute atomic E-state index is 0.0520. The van der Waals surface area contributed by atoms with Crippen LogP contribution in [0.2, 0.25) is 0 Å². The number of hydrogen-bond acceptors (Lipinski definition) is 3. The van der Waals surface area contributed by atoms with E-state index in [-0.39, 0.29) is 17.9 Å². The van der Waals surface area contributed by atoms with Crippen LogP contribution in [0.4, 0.5) is 0 Å². The van der Waals surface area contributed by atoms with Gasteiger partial charge in [0.05, 0.1) is 0 Å². The van der Waals surface area contributed by atoms with Gasteiger partial charge in [-0.2, -0.15) is 0 Å². The van der Waals surface area contributed by atoms with Crippen molar-refractivity contribution in [3.05, 3.63) is 66.2 Å². The fourth-order valence-electron chi connectivity index (χ4n) is 3.56. The van der Waals surface area contributed by atoms with Crippen LogP contribution < -0.4 is 10.1 Å². The third-order valence-corrected chi connectivity index (χ3v) is 5.11. The number of nitrogens with one attached hydrogen (secondary N) is 1. The molecule has 1 atom stereocenters. The average molecular weight is 395 g/mol. The number of likely N-dealkylation sites (tertiary alicyclic amines) is 1. The van der Waals surface area contributed by atoms with Gasteiger partial charge in [-0.05, 0) is 30.9 Å². The van der Waals surface area contributed by atoms with Gasteiger partial charge in [0.1, 0.15) is 5.75 Å². The molecule has 2 aromatic carbocycles. The van der Waals surface area contributed by atoms with E-state index in [1.54, 1.807) is 0 Å². The van der Waals surface area contributed by atoms with Gasteiger partial charge in [0.25, 0.3) is 5.91 Å². The SMILES string of the molecule is CC(C)CC(=O)N1CCC(NC(=O)C(Oc2ccccc2)c2ccccc2)CC1. The van der Waals surface area contributed by atoms with Gasteiger partial charge in [-0.15, -0.1) is 0 Å². The van der Waals surface area contributed by atoms with Crippen molar-refractivity contribution >= 4 is 11.8 Å². The molecule has 3 rings (SSSR count). The van der Waals surface area contributed by atoms with Gasteiger partial charge in [0, 0.05) is 31.1 Å². The monoisotopic (exact) mass is 394 g/mol. The van der Waals surface area contributed by atoms with Crippen molar-refractivity contribution in [1.29, 1.82) is 0 Å². The highest BCUT2D eigenvalue weighted by Crippen LogP contribution is 2.23. The third kappa shape index (κ3) is 6.08. The number of ether oxygens (including phenoxy) is 1.